The number of nitrogens with zero attached hydrogens (tertiary/aromatic N) is 1. The van der Waals surface area contributed by atoms with Gasteiger partial charge in [0.1, 0.15) is 0 Å². The maximum atomic E-state index is 5.01. The van der Waals surface area contributed by atoms with Gasteiger partial charge in [-0.25, -0.2) is 24.3 Å². The van der Waals surface area contributed by atoms with Gasteiger partial charge in [-0.1, -0.05) is 4.32 Å². The molecule has 0 fully saturated rings. The first kappa shape index (κ1) is 27.7. The van der Waals surface area contributed by atoms with Gasteiger partial charge in [0.2, 0.25) is 0 Å². The van der Waals surface area contributed by atoms with Crippen LogP contribution in [-0.2, 0) is 63.9 Å². The van der Waals surface area contributed by atoms with Crippen molar-refractivity contribution in [1.29, 1.82) is 0 Å². The molecule has 0 heterocycles. The average molecular weight is 610 g/mol. The minimum Gasteiger partial charge on any atom is -0.411 e. The third-order valence-corrected chi connectivity index (χ3v) is 3.57. The van der Waals surface area contributed by atoms with Crippen molar-refractivity contribution in [2.75, 3.05) is 0 Å². The fraction of sp³-hybridized carbons (Fsp3) is 0.190. The predicted molar refractivity (Wildman–Crippen MR) is 110 cm³/mol. The summed E-state index contributed by atoms with van der Waals surface area (Å²) in [5.41, 5.74) is 1.26. The Morgan fingerprint density at radius 3 is 1.85 bits per heavy atom. The molecule has 0 aliphatic carbocycles. The summed E-state index contributed by atoms with van der Waals surface area (Å²) in [4.78, 5) is 2.04. The van der Waals surface area contributed by atoms with Gasteiger partial charge in [0.25, 0.3) is 0 Å². The molecule has 3 aromatic carbocycles. The first-order chi connectivity index (χ1) is 11.6. The topological polar surface area (TPSA) is 3.24 Å². The fourth-order valence-electron chi connectivity index (χ4n) is 1.84. The van der Waals surface area contributed by atoms with Crippen LogP contribution in [0, 0.1) is 6.07 Å². The molecule has 0 aliphatic heterocycles. The van der Waals surface area contributed by atoms with Gasteiger partial charge in [-0.15, -0.1) is 5.56 Å². The first-order valence-corrected chi connectivity index (χ1v) is 8.69. The number of benzene rings is 1. The smallest absolute Gasteiger partial charge is 0.411 e. The van der Waals surface area contributed by atoms with Crippen molar-refractivity contribution < 1.29 is 44.7 Å². The van der Waals surface area contributed by atoms with E-state index < -0.39 is 0 Å². The molecule has 0 amide bonds. The van der Waals surface area contributed by atoms with Crippen LogP contribution < -0.4 is 0 Å². The normalized spacial score (nSPS) is 8.58. The molecule has 0 N–H and O–H groups in total. The summed E-state index contributed by atoms with van der Waals surface area (Å²) < 4.78 is 0.552. The second-order valence-corrected chi connectivity index (χ2v) is 6.35. The van der Waals surface area contributed by atoms with E-state index in [4.69, 9.17) is 24.8 Å². The van der Waals surface area contributed by atoms with Gasteiger partial charge >= 0.3 is 44.7 Å². The standard InChI is InChI=1S/C10H14NS2.C6H5.C5H5.Fe.Hg/c1-8(2)11(10(12)13)7-9-5-3-4-6-9;1-2-4-6-5-3-1;1-2-4-5-3-1;;/h3-6,8H,7H2,1-2H3,(H,12,13);1-5H;1-5H;;/q3*-1;2*+2/p-1. The molecule has 26 heavy (non-hydrogen) atoms. The van der Waals surface area contributed by atoms with E-state index in [1.165, 1.54) is 5.56 Å². The van der Waals surface area contributed by atoms with Crippen LogP contribution in [0.1, 0.15) is 19.4 Å². The van der Waals surface area contributed by atoms with Crippen molar-refractivity contribution in [3.8, 4) is 0 Å². The van der Waals surface area contributed by atoms with Crippen molar-refractivity contribution in [1.82, 2.24) is 4.90 Å². The molecular formula is C21H23FeHgNS2. The summed E-state index contributed by atoms with van der Waals surface area (Å²) in [7, 11) is 0. The zero-order chi connectivity index (χ0) is 17.6. The summed E-state index contributed by atoms with van der Waals surface area (Å²) in [5.74, 6) is 0. The molecule has 0 atom stereocenters. The quantitative estimate of drug-likeness (QED) is 0.171. The van der Waals surface area contributed by atoms with Crippen LogP contribution >= 0.6 is 12.2 Å². The van der Waals surface area contributed by atoms with E-state index in [1.54, 1.807) is 0 Å². The van der Waals surface area contributed by atoms with E-state index in [2.05, 4.69) is 32.0 Å². The molecule has 134 valence electrons. The van der Waals surface area contributed by atoms with Crippen LogP contribution in [0.2, 0.25) is 0 Å². The van der Waals surface area contributed by atoms with Crippen molar-refractivity contribution in [2.24, 2.45) is 0 Å². The Labute approximate surface area is 200 Å². The number of rotatable bonds is 3. The van der Waals surface area contributed by atoms with Gasteiger partial charge in [0, 0.05) is 6.04 Å². The van der Waals surface area contributed by atoms with Crippen molar-refractivity contribution in [3.63, 3.8) is 0 Å². The molecule has 0 aliphatic rings. The molecule has 0 spiro atoms. The van der Waals surface area contributed by atoms with Crippen molar-refractivity contribution in [3.05, 3.63) is 96.6 Å². The van der Waals surface area contributed by atoms with E-state index in [1.807, 2.05) is 77.7 Å². The third kappa shape index (κ3) is 13.7. The molecular weight excluding hydrogens is 587 g/mol. The van der Waals surface area contributed by atoms with Crippen LogP contribution in [0.5, 0.6) is 0 Å². The maximum absolute atomic E-state index is 5.01. The Morgan fingerprint density at radius 1 is 1.04 bits per heavy atom. The zero-order valence-corrected chi connectivity index (χ0v) is 23.4. The van der Waals surface area contributed by atoms with E-state index in [0.29, 0.717) is 10.4 Å². The Balaban J connectivity index is 0. The molecule has 0 bridgehead atoms. The van der Waals surface area contributed by atoms with Gasteiger partial charge in [0.05, 0.1) is 0 Å². The minimum atomic E-state index is 0. The second-order valence-electron chi connectivity index (χ2n) is 5.32. The molecule has 0 saturated carbocycles. The largest absolute Gasteiger partial charge is 2.00 e. The SMILES string of the molecule is CC(C)N(C[c-]1cccc1)C(=S)[S-].[Fe+2].[Hg+2].[c-]1ccccc1.c1cc[cH-]c1. The van der Waals surface area contributed by atoms with Crippen LogP contribution in [0.4, 0.5) is 0 Å². The van der Waals surface area contributed by atoms with Crippen molar-refractivity contribution >= 4 is 29.2 Å². The molecule has 0 unspecified atom stereocenters. The van der Waals surface area contributed by atoms with Gasteiger partial charge in [-0.2, -0.15) is 66.7 Å². The third-order valence-electron chi connectivity index (χ3n) is 3.11. The molecule has 3 rings (SSSR count). The number of hydrogen-bond acceptors (Lipinski definition) is 2. The molecule has 0 radical (unpaired) electrons. The Bertz CT molecular complexity index is 581. The van der Waals surface area contributed by atoms with Crippen LogP contribution in [0.15, 0.2) is 84.9 Å². The molecule has 0 aromatic heterocycles. The van der Waals surface area contributed by atoms with Crippen LogP contribution in [-0.4, -0.2) is 15.3 Å². The predicted octanol–water partition coefficient (Wildman–Crippen LogP) is 5.33. The summed E-state index contributed by atoms with van der Waals surface area (Å²) >= 11 is 10.0. The Morgan fingerprint density at radius 2 is 1.58 bits per heavy atom. The average Bonchev–Trinajstić information content (AvgIpc) is 3.30. The van der Waals surface area contributed by atoms with Gasteiger partial charge in [0.15, 0.2) is 0 Å². The Kier molecular flexibility index (Phi) is 19.0. The molecule has 5 heteroatoms. The Hall–Kier alpha value is -0.515. The summed E-state index contributed by atoms with van der Waals surface area (Å²) in [6, 6.07) is 31.1. The number of thiocarbonyl (C=S) groups is 1. The van der Waals surface area contributed by atoms with Gasteiger partial charge < -0.3 is 29.7 Å². The van der Waals surface area contributed by atoms with Crippen LogP contribution in [0.25, 0.3) is 0 Å². The first-order valence-electron chi connectivity index (χ1n) is 7.87. The summed E-state index contributed by atoms with van der Waals surface area (Å²) in [5, 5.41) is 0. The molecule has 1 nitrogen and oxygen atoms in total. The van der Waals surface area contributed by atoms with E-state index in [0.717, 1.165) is 6.54 Å². The van der Waals surface area contributed by atoms with Gasteiger partial charge in [-0.3, -0.25) is 0 Å². The van der Waals surface area contributed by atoms with Crippen LogP contribution in [0.3, 0.4) is 0 Å². The van der Waals surface area contributed by atoms with E-state index in [9.17, 15) is 0 Å². The van der Waals surface area contributed by atoms with E-state index >= 15 is 0 Å². The fourth-order valence-corrected chi connectivity index (χ4v) is 2.39. The summed E-state index contributed by atoms with van der Waals surface area (Å²) in [6.45, 7) is 5.02. The number of hydrogen-bond donors (Lipinski definition) is 0. The monoisotopic (exact) mass is 611 g/mol. The zero-order valence-electron chi connectivity index (χ0n) is 15.2. The summed E-state index contributed by atoms with van der Waals surface area (Å²) in [6.07, 6.45) is 0. The molecule has 0 saturated heterocycles. The van der Waals surface area contributed by atoms with Crippen molar-refractivity contribution in [2.45, 2.75) is 26.4 Å². The molecule has 3 aromatic rings. The van der Waals surface area contributed by atoms with Gasteiger partial charge in [-0.05, 0) is 20.4 Å². The second kappa shape index (κ2) is 17.9. The maximum Gasteiger partial charge on any atom is 2.00 e. The van der Waals surface area contributed by atoms with E-state index in [-0.39, 0.29) is 44.7 Å². The minimum absolute atomic E-state index is 0.